The molecular formula is C12H22N4O. The summed E-state index contributed by atoms with van der Waals surface area (Å²) in [6.45, 7) is 8.70. The molecule has 0 aliphatic rings. The Kier molecular flexibility index (Phi) is 5.15. The van der Waals surface area contributed by atoms with Crippen molar-refractivity contribution in [2.75, 3.05) is 32.0 Å². The van der Waals surface area contributed by atoms with Crippen molar-refractivity contribution < 1.29 is 0 Å². The zero-order valence-corrected chi connectivity index (χ0v) is 11.1. The van der Waals surface area contributed by atoms with Crippen molar-refractivity contribution >= 4 is 5.82 Å². The standard InChI is InChI=1S/C12H22N4O/c1-5-15(4)8-6-13-11-12(17)16(10(2)3)9-7-14-11/h7,9-10H,5-6,8H2,1-4H3,(H,13,14). The van der Waals surface area contributed by atoms with E-state index in [0.717, 1.165) is 19.6 Å². The van der Waals surface area contributed by atoms with Crippen LogP contribution in [0.5, 0.6) is 0 Å². The quantitative estimate of drug-likeness (QED) is 0.808. The van der Waals surface area contributed by atoms with Gasteiger partial charge in [0.1, 0.15) is 0 Å². The van der Waals surface area contributed by atoms with E-state index in [-0.39, 0.29) is 11.6 Å². The van der Waals surface area contributed by atoms with E-state index in [0.29, 0.717) is 5.82 Å². The van der Waals surface area contributed by atoms with E-state index >= 15 is 0 Å². The van der Waals surface area contributed by atoms with Crippen LogP contribution in [-0.4, -0.2) is 41.1 Å². The molecule has 1 N–H and O–H groups in total. The predicted molar refractivity (Wildman–Crippen MR) is 70.5 cm³/mol. The van der Waals surface area contributed by atoms with Crippen LogP contribution in [0.2, 0.25) is 0 Å². The number of nitrogens with zero attached hydrogens (tertiary/aromatic N) is 3. The number of hydrogen-bond donors (Lipinski definition) is 1. The monoisotopic (exact) mass is 238 g/mol. The molecule has 0 aliphatic heterocycles. The predicted octanol–water partition coefficient (Wildman–Crippen LogP) is 1.19. The molecule has 1 rings (SSSR count). The topological polar surface area (TPSA) is 50.2 Å². The fourth-order valence-corrected chi connectivity index (χ4v) is 1.48. The summed E-state index contributed by atoms with van der Waals surface area (Å²) in [4.78, 5) is 18.2. The first-order valence-corrected chi connectivity index (χ1v) is 6.05. The minimum atomic E-state index is -0.0540. The maximum Gasteiger partial charge on any atom is 0.293 e. The minimum Gasteiger partial charge on any atom is -0.364 e. The maximum atomic E-state index is 12.0. The normalized spacial score (nSPS) is 11.2. The van der Waals surface area contributed by atoms with Gasteiger partial charge in [-0.2, -0.15) is 0 Å². The fourth-order valence-electron chi connectivity index (χ4n) is 1.48. The smallest absolute Gasteiger partial charge is 0.293 e. The van der Waals surface area contributed by atoms with Crippen LogP contribution < -0.4 is 10.9 Å². The van der Waals surface area contributed by atoms with Gasteiger partial charge in [-0.15, -0.1) is 0 Å². The summed E-state index contributed by atoms with van der Waals surface area (Å²) in [5.41, 5.74) is -0.0540. The number of rotatable bonds is 6. The van der Waals surface area contributed by atoms with Gasteiger partial charge in [0.25, 0.3) is 5.56 Å². The number of hydrogen-bond acceptors (Lipinski definition) is 4. The lowest BCUT2D eigenvalue weighted by Crippen LogP contribution is -2.29. The average Bonchev–Trinajstić information content (AvgIpc) is 2.30. The largest absolute Gasteiger partial charge is 0.364 e. The maximum absolute atomic E-state index is 12.0. The molecule has 0 radical (unpaired) electrons. The summed E-state index contributed by atoms with van der Waals surface area (Å²) >= 11 is 0. The lowest BCUT2D eigenvalue weighted by atomic mass is 10.4. The highest BCUT2D eigenvalue weighted by Crippen LogP contribution is 2.01. The molecule has 1 heterocycles. The summed E-state index contributed by atoms with van der Waals surface area (Å²) in [6, 6.07) is 0.157. The molecule has 0 aromatic carbocycles. The molecule has 0 saturated heterocycles. The molecule has 1 aromatic rings. The lowest BCUT2D eigenvalue weighted by molar-refractivity contribution is 0.367. The molecule has 0 saturated carbocycles. The van der Waals surface area contributed by atoms with E-state index in [1.165, 1.54) is 0 Å². The van der Waals surface area contributed by atoms with Gasteiger partial charge in [0.05, 0.1) is 0 Å². The van der Waals surface area contributed by atoms with Crippen molar-refractivity contribution in [3.8, 4) is 0 Å². The van der Waals surface area contributed by atoms with Gasteiger partial charge in [0.15, 0.2) is 5.82 Å². The van der Waals surface area contributed by atoms with Crippen LogP contribution in [0.3, 0.4) is 0 Å². The number of aromatic nitrogens is 2. The molecule has 0 atom stereocenters. The SMILES string of the molecule is CCN(C)CCNc1nccn(C(C)C)c1=O. The van der Waals surface area contributed by atoms with Crippen LogP contribution in [-0.2, 0) is 0 Å². The molecule has 96 valence electrons. The van der Waals surface area contributed by atoms with Gasteiger partial charge in [-0.3, -0.25) is 4.79 Å². The molecule has 5 nitrogen and oxygen atoms in total. The first-order chi connectivity index (χ1) is 8.06. The van der Waals surface area contributed by atoms with Gasteiger partial charge in [0.2, 0.25) is 0 Å². The molecule has 0 bridgehead atoms. The molecule has 0 unspecified atom stereocenters. The van der Waals surface area contributed by atoms with Crippen molar-refractivity contribution in [1.29, 1.82) is 0 Å². The third-order valence-electron chi connectivity index (χ3n) is 2.75. The minimum absolute atomic E-state index is 0.0540. The fraction of sp³-hybridized carbons (Fsp3) is 0.667. The Morgan fingerprint density at radius 2 is 2.24 bits per heavy atom. The van der Waals surface area contributed by atoms with E-state index in [1.54, 1.807) is 17.0 Å². The van der Waals surface area contributed by atoms with E-state index in [4.69, 9.17) is 0 Å². The third-order valence-corrected chi connectivity index (χ3v) is 2.75. The van der Waals surface area contributed by atoms with E-state index in [2.05, 4.69) is 22.1 Å². The Labute approximate surface area is 102 Å². The van der Waals surface area contributed by atoms with E-state index < -0.39 is 0 Å². The molecular weight excluding hydrogens is 216 g/mol. The van der Waals surface area contributed by atoms with Gasteiger partial charge in [-0.1, -0.05) is 6.92 Å². The van der Waals surface area contributed by atoms with Crippen molar-refractivity contribution in [3.05, 3.63) is 22.7 Å². The Morgan fingerprint density at radius 3 is 2.82 bits per heavy atom. The summed E-state index contributed by atoms with van der Waals surface area (Å²) in [7, 11) is 2.05. The Morgan fingerprint density at radius 1 is 1.53 bits per heavy atom. The van der Waals surface area contributed by atoms with Crippen LogP contribution in [0.4, 0.5) is 5.82 Å². The number of anilines is 1. The first kappa shape index (κ1) is 13.7. The average molecular weight is 238 g/mol. The van der Waals surface area contributed by atoms with Gasteiger partial charge >= 0.3 is 0 Å². The van der Waals surface area contributed by atoms with Crippen molar-refractivity contribution in [2.45, 2.75) is 26.8 Å². The molecule has 17 heavy (non-hydrogen) atoms. The summed E-state index contributed by atoms with van der Waals surface area (Å²) in [5.74, 6) is 0.436. The zero-order chi connectivity index (χ0) is 12.8. The van der Waals surface area contributed by atoms with Crippen molar-refractivity contribution in [1.82, 2.24) is 14.5 Å². The van der Waals surface area contributed by atoms with Crippen molar-refractivity contribution in [3.63, 3.8) is 0 Å². The van der Waals surface area contributed by atoms with Crippen LogP contribution >= 0.6 is 0 Å². The molecule has 0 spiro atoms. The first-order valence-electron chi connectivity index (χ1n) is 6.05. The van der Waals surface area contributed by atoms with Gasteiger partial charge < -0.3 is 14.8 Å². The summed E-state index contributed by atoms with van der Waals surface area (Å²) < 4.78 is 1.68. The van der Waals surface area contributed by atoms with Crippen LogP contribution in [0.25, 0.3) is 0 Å². The molecule has 0 fully saturated rings. The molecule has 1 aromatic heterocycles. The highest BCUT2D eigenvalue weighted by Gasteiger charge is 2.06. The summed E-state index contributed by atoms with van der Waals surface area (Å²) in [6.07, 6.45) is 3.38. The van der Waals surface area contributed by atoms with Crippen LogP contribution in [0.1, 0.15) is 26.8 Å². The third kappa shape index (κ3) is 3.85. The van der Waals surface area contributed by atoms with Crippen molar-refractivity contribution in [2.24, 2.45) is 0 Å². The van der Waals surface area contributed by atoms with E-state index in [1.807, 2.05) is 20.9 Å². The molecule has 5 heteroatoms. The molecule has 0 amide bonds. The Balaban J connectivity index is 2.66. The van der Waals surface area contributed by atoms with Crippen LogP contribution in [0, 0.1) is 0 Å². The van der Waals surface area contributed by atoms with E-state index in [9.17, 15) is 4.79 Å². The highest BCUT2D eigenvalue weighted by molar-refractivity contribution is 5.30. The summed E-state index contributed by atoms with van der Waals surface area (Å²) in [5, 5.41) is 3.09. The number of likely N-dealkylation sites (N-methyl/N-ethyl adjacent to an activating group) is 1. The Hall–Kier alpha value is -1.36. The lowest BCUT2D eigenvalue weighted by Gasteiger charge is -2.15. The second-order valence-electron chi connectivity index (χ2n) is 4.40. The second-order valence-corrected chi connectivity index (χ2v) is 4.40. The van der Waals surface area contributed by atoms with Gasteiger partial charge in [-0.05, 0) is 27.4 Å². The number of nitrogens with one attached hydrogen (secondary N) is 1. The highest BCUT2D eigenvalue weighted by atomic mass is 16.1. The second kappa shape index (κ2) is 6.39. The van der Waals surface area contributed by atoms with Gasteiger partial charge in [-0.25, -0.2) is 4.98 Å². The van der Waals surface area contributed by atoms with Crippen LogP contribution in [0.15, 0.2) is 17.2 Å². The zero-order valence-electron chi connectivity index (χ0n) is 11.1. The Bertz CT molecular complexity index is 400. The van der Waals surface area contributed by atoms with Gasteiger partial charge in [0, 0.05) is 31.5 Å². The molecule has 0 aliphatic carbocycles.